The number of hydrogen-bond donors (Lipinski definition) is 1. The van der Waals surface area contributed by atoms with Gasteiger partial charge in [-0.05, 0) is 27.9 Å². The normalized spacial score (nSPS) is 11.2. The molecule has 16 heavy (non-hydrogen) atoms. The summed E-state index contributed by atoms with van der Waals surface area (Å²) in [5.74, 6) is 0.865. The molecule has 0 bridgehead atoms. The van der Waals surface area contributed by atoms with Gasteiger partial charge in [-0.15, -0.1) is 16.4 Å². The van der Waals surface area contributed by atoms with E-state index in [4.69, 9.17) is 5.73 Å². The molecule has 0 spiro atoms. The van der Waals surface area contributed by atoms with E-state index >= 15 is 0 Å². The van der Waals surface area contributed by atoms with Crippen LogP contribution >= 0.6 is 27.3 Å². The van der Waals surface area contributed by atoms with Gasteiger partial charge >= 0.3 is 0 Å². The highest BCUT2D eigenvalue weighted by atomic mass is 79.9. The Kier molecular flexibility index (Phi) is 3.30. The van der Waals surface area contributed by atoms with Gasteiger partial charge in [-0.25, -0.2) is 4.68 Å². The van der Waals surface area contributed by atoms with Crippen molar-refractivity contribution in [2.24, 2.45) is 0 Å². The Morgan fingerprint density at radius 2 is 2.31 bits per heavy atom. The highest BCUT2D eigenvalue weighted by Gasteiger charge is 2.14. The van der Waals surface area contributed by atoms with Crippen molar-refractivity contribution in [1.29, 1.82) is 0 Å². The Hall–Kier alpha value is -0.880. The second kappa shape index (κ2) is 4.55. The first kappa shape index (κ1) is 11.6. The maximum Gasteiger partial charge on any atom is 0.169 e. The van der Waals surface area contributed by atoms with E-state index in [-0.39, 0.29) is 0 Å². The van der Waals surface area contributed by atoms with Gasteiger partial charge in [-0.2, -0.15) is 0 Å². The zero-order valence-corrected chi connectivity index (χ0v) is 11.5. The molecule has 2 heterocycles. The summed E-state index contributed by atoms with van der Waals surface area (Å²) >= 11 is 5.14. The smallest absolute Gasteiger partial charge is 0.169 e. The third kappa shape index (κ3) is 2.27. The maximum absolute atomic E-state index is 5.80. The second-order valence-corrected chi connectivity index (χ2v) is 5.81. The highest BCUT2D eigenvalue weighted by Crippen LogP contribution is 2.24. The molecule has 0 radical (unpaired) electrons. The number of halogens is 1. The third-order valence-corrected chi connectivity index (χ3v) is 3.96. The molecule has 0 atom stereocenters. The Balaban J connectivity index is 2.28. The second-order valence-electron chi connectivity index (χ2n) is 3.90. The van der Waals surface area contributed by atoms with Crippen LogP contribution in [-0.4, -0.2) is 15.0 Å². The molecule has 2 aromatic rings. The van der Waals surface area contributed by atoms with E-state index in [2.05, 4.69) is 51.5 Å². The Morgan fingerprint density at radius 1 is 1.56 bits per heavy atom. The number of rotatable bonds is 3. The van der Waals surface area contributed by atoms with E-state index in [1.54, 1.807) is 11.3 Å². The van der Waals surface area contributed by atoms with Crippen LogP contribution in [0.1, 0.15) is 30.3 Å². The van der Waals surface area contributed by atoms with Gasteiger partial charge in [0.05, 0.1) is 12.2 Å². The van der Waals surface area contributed by atoms with Gasteiger partial charge in [-0.1, -0.05) is 19.1 Å². The van der Waals surface area contributed by atoms with Gasteiger partial charge in [-0.3, -0.25) is 0 Å². The van der Waals surface area contributed by atoms with Gasteiger partial charge in [0.15, 0.2) is 5.82 Å². The number of aromatic nitrogens is 3. The quantitative estimate of drug-likeness (QED) is 0.948. The maximum atomic E-state index is 5.80. The minimum absolute atomic E-state index is 0.332. The van der Waals surface area contributed by atoms with Gasteiger partial charge in [0.2, 0.25) is 0 Å². The lowest BCUT2D eigenvalue weighted by Crippen LogP contribution is -2.07. The van der Waals surface area contributed by atoms with Crippen molar-refractivity contribution in [3.8, 4) is 0 Å². The number of nitrogen functional groups attached to an aromatic ring is 1. The fraction of sp³-hybridized carbons (Fsp3) is 0.400. The van der Waals surface area contributed by atoms with Crippen LogP contribution in [0.2, 0.25) is 0 Å². The minimum atomic E-state index is 0.332. The number of nitrogens with two attached hydrogens (primary N) is 1. The molecular weight excluding hydrogens is 288 g/mol. The predicted molar refractivity (Wildman–Crippen MR) is 69.6 cm³/mol. The number of hydrogen-bond acceptors (Lipinski definition) is 4. The summed E-state index contributed by atoms with van der Waals surface area (Å²) in [5.41, 5.74) is 6.81. The molecule has 0 aliphatic heterocycles. The molecule has 0 amide bonds. The fourth-order valence-electron chi connectivity index (χ4n) is 1.63. The molecule has 0 aromatic carbocycles. The molecule has 86 valence electrons. The molecule has 0 saturated carbocycles. The van der Waals surface area contributed by atoms with Crippen molar-refractivity contribution < 1.29 is 0 Å². The van der Waals surface area contributed by atoms with Gasteiger partial charge in [0, 0.05) is 14.7 Å². The van der Waals surface area contributed by atoms with Crippen LogP contribution in [0.3, 0.4) is 0 Å². The summed E-state index contributed by atoms with van der Waals surface area (Å²) in [7, 11) is 0. The standard InChI is InChI=1S/C10H13BrN4S/c1-6(2)9-10(12)13-14-15(9)4-8-3-7(11)5-16-8/h3,5-6H,4,12H2,1-2H3. The van der Waals surface area contributed by atoms with E-state index in [0.717, 1.165) is 16.7 Å². The van der Waals surface area contributed by atoms with Crippen LogP contribution in [-0.2, 0) is 6.54 Å². The average Bonchev–Trinajstić information content (AvgIpc) is 2.74. The number of anilines is 1. The molecular formula is C10H13BrN4S. The summed E-state index contributed by atoms with van der Waals surface area (Å²) in [4.78, 5) is 1.23. The van der Waals surface area contributed by atoms with Crippen LogP contribution < -0.4 is 5.73 Å². The van der Waals surface area contributed by atoms with E-state index < -0.39 is 0 Å². The van der Waals surface area contributed by atoms with Crippen LogP contribution in [0.15, 0.2) is 15.9 Å². The van der Waals surface area contributed by atoms with Crippen molar-refractivity contribution >= 4 is 33.1 Å². The predicted octanol–water partition coefficient (Wildman–Crippen LogP) is 2.86. The third-order valence-electron chi connectivity index (χ3n) is 2.28. The lowest BCUT2D eigenvalue weighted by Gasteiger charge is -2.08. The van der Waals surface area contributed by atoms with Gasteiger partial charge in [0.25, 0.3) is 0 Å². The lowest BCUT2D eigenvalue weighted by molar-refractivity contribution is 0.602. The van der Waals surface area contributed by atoms with Crippen molar-refractivity contribution in [2.45, 2.75) is 26.3 Å². The van der Waals surface area contributed by atoms with Crippen molar-refractivity contribution in [1.82, 2.24) is 15.0 Å². The summed E-state index contributed by atoms with van der Waals surface area (Å²) in [6, 6.07) is 2.09. The van der Waals surface area contributed by atoms with Crippen LogP contribution in [0, 0.1) is 0 Å². The lowest BCUT2D eigenvalue weighted by atomic mass is 10.1. The number of thiophene rings is 1. The molecule has 0 fully saturated rings. The average molecular weight is 301 g/mol. The van der Waals surface area contributed by atoms with Gasteiger partial charge in [0.1, 0.15) is 0 Å². The fourth-order valence-corrected chi connectivity index (χ4v) is 3.06. The summed E-state index contributed by atoms with van der Waals surface area (Å²) in [6.07, 6.45) is 0. The van der Waals surface area contributed by atoms with E-state index in [1.807, 2.05) is 4.68 Å². The molecule has 6 heteroatoms. The van der Waals surface area contributed by atoms with Crippen LogP contribution in [0.4, 0.5) is 5.82 Å². The molecule has 0 aliphatic rings. The first-order valence-electron chi connectivity index (χ1n) is 4.99. The molecule has 0 unspecified atom stereocenters. The molecule has 0 saturated heterocycles. The van der Waals surface area contributed by atoms with Crippen molar-refractivity contribution in [3.63, 3.8) is 0 Å². The molecule has 4 nitrogen and oxygen atoms in total. The highest BCUT2D eigenvalue weighted by molar-refractivity contribution is 9.10. The zero-order valence-electron chi connectivity index (χ0n) is 9.14. The summed E-state index contributed by atoms with van der Waals surface area (Å²) in [6.45, 7) is 4.92. The Bertz CT molecular complexity index is 489. The molecule has 0 aliphatic carbocycles. The first-order valence-corrected chi connectivity index (χ1v) is 6.67. The SMILES string of the molecule is CC(C)c1c(N)nnn1Cc1cc(Br)cs1. The summed E-state index contributed by atoms with van der Waals surface area (Å²) in [5, 5.41) is 10.1. The van der Waals surface area contributed by atoms with Crippen molar-refractivity contribution in [3.05, 3.63) is 26.5 Å². The van der Waals surface area contributed by atoms with E-state index in [9.17, 15) is 0 Å². The Morgan fingerprint density at radius 3 is 2.88 bits per heavy atom. The minimum Gasteiger partial charge on any atom is -0.381 e. The Labute approximate surface area is 107 Å². The van der Waals surface area contributed by atoms with E-state index in [1.165, 1.54) is 4.88 Å². The van der Waals surface area contributed by atoms with Crippen LogP contribution in [0.5, 0.6) is 0 Å². The van der Waals surface area contributed by atoms with Crippen LogP contribution in [0.25, 0.3) is 0 Å². The van der Waals surface area contributed by atoms with Crippen molar-refractivity contribution in [2.75, 3.05) is 5.73 Å². The van der Waals surface area contributed by atoms with Gasteiger partial charge < -0.3 is 5.73 Å². The number of nitrogens with zero attached hydrogens (tertiary/aromatic N) is 3. The largest absolute Gasteiger partial charge is 0.381 e. The zero-order chi connectivity index (χ0) is 11.7. The topological polar surface area (TPSA) is 56.7 Å². The molecule has 2 aromatic heterocycles. The first-order chi connectivity index (χ1) is 7.58. The monoisotopic (exact) mass is 300 g/mol. The summed E-state index contributed by atoms with van der Waals surface area (Å²) < 4.78 is 2.98. The molecule has 2 N–H and O–H groups in total. The molecule has 2 rings (SSSR count). The van der Waals surface area contributed by atoms with E-state index in [0.29, 0.717) is 11.7 Å².